The van der Waals surface area contributed by atoms with E-state index < -0.39 is 0 Å². The molecule has 0 bridgehead atoms. The van der Waals surface area contributed by atoms with Gasteiger partial charge in [0.05, 0.1) is 0 Å². The van der Waals surface area contributed by atoms with Crippen LogP contribution in [0.4, 0.5) is 0 Å². The third-order valence-corrected chi connectivity index (χ3v) is 12.0. The largest absolute Gasteiger partial charge is 0.0619 e. The molecule has 0 aromatic heterocycles. The first-order chi connectivity index (χ1) is 26.0. The molecule has 248 valence electrons. The SMILES string of the molecule is CC1(C)c2ccccc2-c2ccc(-c3ccc(-c4ccc5cc(-c6ccc7c8ccccc8c8ccccc8c7c6)ccc5c4)c4ccccc34)cc21. The molecule has 0 N–H and O–H groups in total. The van der Waals surface area contributed by atoms with E-state index in [-0.39, 0.29) is 5.41 Å². The Balaban J connectivity index is 0.983. The lowest BCUT2D eigenvalue weighted by atomic mass is 9.81. The molecule has 0 saturated carbocycles. The average molecular weight is 673 g/mol. The molecule has 1 aliphatic rings. The van der Waals surface area contributed by atoms with Crippen molar-refractivity contribution in [1.29, 1.82) is 0 Å². The third kappa shape index (κ3) is 4.49. The van der Waals surface area contributed by atoms with E-state index >= 15 is 0 Å². The van der Waals surface area contributed by atoms with Gasteiger partial charge in [-0.1, -0.05) is 172 Å². The van der Waals surface area contributed by atoms with Crippen LogP contribution in [0.15, 0.2) is 182 Å². The van der Waals surface area contributed by atoms with Crippen LogP contribution in [-0.4, -0.2) is 0 Å². The molecule has 0 radical (unpaired) electrons. The average Bonchev–Trinajstić information content (AvgIpc) is 3.45. The summed E-state index contributed by atoms with van der Waals surface area (Å²) < 4.78 is 0. The highest BCUT2D eigenvalue weighted by Gasteiger charge is 2.35. The van der Waals surface area contributed by atoms with Crippen molar-refractivity contribution in [2.75, 3.05) is 0 Å². The Morgan fingerprint density at radius 3 is 1.34 bits per heavy atom. The summed E-state index contributed by atoms with van der Waals surface area (Å²) in [6, 6.07) is 67.9. The van der Waals surface area contributed by atoms with Crippen molar-refractivity contribution in [1.82, 2.24) is 0 Å². The van der Waals surface area contributed by atoms with Crippen LogP contribution in [0.2, 0.25) is 0 Å². The summed E-state index contributed by atoms with van der Waals surface area (Å²) >= 11 is 0. The van der Waals surface area contributed by atoms with Gasteiger partial charge in [0.1, 0.15) is 0 Å². The summed E-state index contributed by atoms with van der Waals surface area (Å²) in [5, 5.41) is 12.9. The summed E-state index contributed by atoms with van der Waals surface area (Å²) in [7, 11) is 0. The molecular weight excluding hydrogens is 637 g/mol. The van der Waals surface area contributed by atoms with E-state index in [4.69, 9.17) is 0 Å². The van der Waals surface area contributed by atoms with Crippen molar-refractivity contribution in [2.45, 2.75) is 19.3 Å². The smallest absolute Gasteiger partial charge is 0.0159 e. The molecule has 53 heavy (non-hydrogen) atoms. The monoisotopic (exact) mass is 672 g/mol. The van der Waals surface area contributed by atoms with Gasteiger partial charge in [-0.05, 0) is 134 Å². The van der Waals surface area contributed by atoms with Gasteiger partial charge in [0.15, 0.2) is 0 Å². The zero-order chi connectivity index (χ0) is 35.3. The number of hydrogen-bond acceptors (Lipinski definition) is 0. The Bertz CT molecular complexity index is 3100. The molecule has 0 saturated heterocycles. The second-order valence-electron chi connectivity index (χ2n) is 15.3. The van der Waals surface area contributed by atoms with Crippen LogP contribution in [0.5, 0.6) is 0 Å². The molecule has 0 atom stereocenters. The van der Waals surface area contributed by atoms with Crippen molar-refractivity contribution in [3.05, 3.63) is 193 Å². The fourth-order valence-electron chi connectivity index (χ4n) is 9.35. The molecule has 0 heteroatoms. The number of fused-ring (bicyclic) bond motifs is 11. The van der Waals surface area contributed by atoms with Gasteiger partial charge >= 0.3 is 0 Å². The van der Waals surface area contributed by atoms with Crippen LogP contribution in [-0.2, 0) is 5.41 Å². The van der Waals surface area contributed by atoms with Crippen LogP contribution in [0.3, 0.4) is 0 Å². The number of rotatable bonds is 3. The second kappa shape index (κ2) is 11.2. The predicted octanol–water partition coefficient (Wildman–Crippen LogP) is 14.8. The molecule has 1 aliphatic carbocycles. The van der Waals surface area contributed by atoms with Crippen molar-refractivity contribution in [2.24, 2.45) is 0 Å². The maximum atomic E-state index is 2.44. The number of hydrogen-bond donors (Lipinski definition) is 0. The van der Waals surface area contributed by atoms with E-state index in [2.05, 4.69) is 196 Å². The summed E-state index contributed by atoms with van der Waals surface area (Å²) in [5.41, 5.74) is 13.0. The van der Waals surface area contributed by atoms with E-state index in [1.165, 1.54) is 109 Å². The van der Waals surface area contributed by atoms with Crippen LogP contribution in [0.25, 0.3) is 98.4 Å². The van der Waals surface area contributed by atoms with E-state index in [0.29, 0.717) is 0 Å². The predicted molar refractivity (Wildman–Crippen MR) is 228 cm³/mol. The lowest BCUT2D eigenvalue weighted by Crippen LogP contribution is -2.14. The third-order valence-electron chi connectivity index (χ3n) is 12.0. The minimum Gasteiger partial charge on any atom is -0.0619 e. The van der Waals surface area contributed by atoms with Crippen molar-refractivity contribution in [3.8, 4) is 44.5 Å². The molecule has 0 fully saturated rings. The Morgan fingerprint density at radius 2 is 0.679 bits per heavy atom. The molecule has 0 heterocycles. The van der Waals surface area contributed by atoms with Crippen LogP contribution >= 0.6 is 0 Å². The van der Waals surface area contributed by atoms with Gasteiger partial charge in [-0.2, -0.15) is 0 Å². The molecule has 10 aromatic carbocycles. The van der Waals surface area contributed by atoms with E-state index in [9.17, 15) is 0 Å². The standard InChI is InChI=1S/C53H36/c1-53(2)51-18-10-9-17-48(51)49-26-24-38(32-52(49)53)40-28-27-39(41-11-3-4-12-42(40)41)37-22-21-33-29-34(19-20-35(33)30-37)36-23-25-47-45-15-6-5-13-43(45)44-14-7-8-16-46(44)50(47)31-36/h3-32H,1-2H3. The van der Waals surface area contributed by atoms with Crippen molar-refractivity contribution in [3.63, 3.8) is 0 Å². The van der Waals surface area contributed by atoms with Gasteiger partial charge in [-0.25, -0.2) is 0 Å². The molecular formula is C53H36. The summed E-state index contributed by atoms with van der Waals surface area (Å²) in [6.45, 7) is 4.72. The Labute approximate surface area is 309 Å². The first kappa shape index (κ1) is 30.2. The highest BCUT2D eigenvalue weighted by Crippen LogP contribution is 2.50. The van der Waals surface area contributed by atoms with Crippen LogP contribution in [0.1, 0.15) is 25.0 Å². The van der Waals surface area contributed by atoms with Crippen molar-refractivity contribution >= 4 is 53.9 Å². The second-order valence-corrected chi connectivity index (χ2v) is 15.3. The van der Waals surface area contributed by atoms with E-state index in [1.807, 2.05) is 0 Å². The zero-order valence-corrected chi connectivity index (χ0v) is 29.8. The lowest BCUT2D eigenvalue weighted by Gasteiger charge is -2.22. The summed E-state index contributed by atoms with van der Waals surface area (Å²) in [4.78, 5) is 0. The fraction of sp³-hybridized carbons (Fsp3) is 0.0566. The highest BCUT2D eigenvalue weighted by atomic mass is 14.4. The molecule has 0 spiro atoms. The molecule has 11 rings (SSSR count). The minimum absolute atomic E-state index is 0.0276. The summed E-state index contributed by atoms with van der Waals surface area (Å²) in [5.74, 6) is 0. The quantitative estimate of drug-likeness (QED) is 0.164. The van der Waals surface area contributed by atoms with Crippen LogP contribution in [0, 0.1) is 0 Å². The normalized spacial score (nSPS) is 13.2. The Hall–Kier alpha value is -6.50. The molecule has 0 unspecified atom stereocenters. The summed E-state index contributed by atoms with van der Waals surface area (Å²) in [6.07, 6.45) is 0. The first-order valence-corrected chi connectivity index (χ1v) is 18.7. The number of benzene rings is 10. The Morgan fingerprint density at radius 1 is 0.264 bits per heavy atom. The lowest BCUT2D eigenvalue weighted by molar-refractivity contribution is 0.660. The topological polar surface area (TPSA) is 0 Å². The molecule has 0 nitrogen and oxygen atoms in total. The van der Waals surface area contributed by atoms with Gasteiger partial charge in [-0.3, -0.25) is 0 Å². The highest BCUT2D eigenvalue weighted by molar-refractivity contribution is 6.25. The molecule has 0 aliphatic heterocycles. The minimum atomic E-state index is -0.0276. The van der Waals surface area contributed by atoms with Gasteiger partial charge in [0.25, 0.3) is 0 Å². The van der Waals surface area contributed by atoms with Crippen LogP contribution < -0.4 is 0 Å². The van der Waals surface area contributed by atoms with E-state index in [0.717, 1.165) is 0 Å². The van der Waals surface area contributed by atoms with Gasteiger partial charge in [0, 0.05) is 5.41 Å². The van der Waals surface area contributed by atoms with Gasteiger partial charge in [0.2, 0.25) is 0 Å². The van der Waals surface area contributed by atoms with E-state index in [1.54, 1.807) is 0 Å². The Kier molecular flexibility index (Phi) is 6.40. The maximum absolute atomic E-state index is 2.44. The first-order valence-electron chi connectivity index (χ1n) is 18.7. The molecule has 10 aromatic rings. The van der Waals surface area contributed by atoms with Gasteiger partial charge < -0.3 is 0 Å². The maximum Gasteiger partial charge on any atom is 0.0159 e. The van der Waals surface area contributed by atoms with Gasteiger partial charge in [-0.15, -0.1) is 0 Å². The van der Waals surface area contributed by atoms with Crippen molar-refractivity contribution < 1.29 is 0 Å². The zero-order valence-electron chi connectivity index (χ0n) is 29.8. The fourth-order valence-corrected chi connectivity index (χ4v) is 9.35. The molecule has 0 amide bonds.